The van der Waals surface area contributed by atoms with E-state index in [9.17, 15) is 9.59 Å². The van der Waals surface area contributed by atoms with E-state index in [4.69, 9.17) is 16.3 Å². The quantitative estimate of drug-likeness (QED) is 0.665. The van der Waals surface area contributed by atoms with Gasteiger partial charge in [-0.3, -0.25) is 10.1 Å². The van der Waals surface area contributed by atoms with Crippen molar-refractivity contribution in [2.24, 2.45) is 0 Å². The fourth-order valence-electron chi connectivity index (χ4n) is 0.756. The Kier molecular flexibility index (Phi) is 7.14. The minimum Gasteiger partial charge on any atom is -0.380 e. The zero-order chi connectivity index (χ0) is 11.0. The summed E-state index contributed by atoms with van der Waals surface area (Å²) < 4.78 is 5.07. The van der Waals surface area contributed by atoms with Crippen molar-refractivity contribution in [2.45, 2.75) is 19.9 Å². The summed E-state index contributed by atoms with van der Waals surface area (Å²) in [6.45, 7) is 4.65. The number of halogens is 1. The smallest absolute Gasteiger partial charge is 0.321 e. The summed E-state index contributed by atoms with van der Waals surface area (Å²) in [6.07, 6.45) is 0. The molecule has 3 amide bonds. The molecule has 0 aliphatic carbocycles. The molecule has 82 valence electrons. The molecule has 0 spiro atoms. The molecule has 0 fully saturated rings. The summed E-state index contributed by atoms with van der Waals surface area (Å²) in [6, 6.07) is -0.694. The highest BCUT2D eigenvalue weighted by Crippen LogP contribution is 1.84. The molecule has 14 heavy (non-hydrogen) atoms. The lowest BCUT2D eigenvalue weighted by atomic mass is 10.4. The van der Waals surface area contributed by atoms with Gasteiger partial charge in [-0.2, -0.15) is 0 Å². The Hall–Kier alpha value is -0.810. The van der Waals surface area contributed by atoms with E-state index in [0.717, 1.165) is 0 Å². The van der Waals surface area contributed by atoms with Crippen LogP contribution in [-0.2, 0) is 9.53 Å². The second kappa shape index (κ2) is 7.58. The fraction of sp³-hybridized carbons (Fsp3) is 0.750. The number of imide groups is 1. The van der Waals surface area contributed by atoms with E-state index in [2.05, 4.69) is 10.6 Å². The van der Waals surface area contributed by atoms with Gasteiger partial charge >= 0.3 is 6.03 Å². The first-order valence-corrected chi connectivity index (χ1v) is 4.87. The molecule has 0 aromatic heterocycles. The lowest BCUT2D eigenvalue weighted by Gasteiger charge is -2.13. The van der Waals surface area contributed by atoms with Gasteiger partial charge in [0.05, 0.1) is 12.6 Å². The third-order valence-corrected chi connectivity index (χ3v) is 1.57. The Bertz CT molecular complexity index is 199. The van der Waals surface area contributed by atoms with Crippen LogP contribution in [0.4, 0.5) is 4.79 Å². The van der Waals surface area contributed by atoms with Gasteiger partial charge < -0.3 is 10.1 Å². The zero-order valence-electron chi connectivity index (χ0n) is 8.30. The van der Waals surface area contributed by atoms with E-state index in [1.165, 1.54) is 0 Å². The van der Waals surface area contributed by atoms with Gasteiger partial charge in [-0.15, -0.1) is 11.6 Å². The molecular weight excluding hydrogens is 208 g/mol. The Morgan fingerprint density at radius 1 is 1.50 bits per heavy atom. The molecule has 0 rings (SSSR count). The fourth-order valence-corrected chi connectivity index (χ4v) is 0.823. The number of nitrogens with one attached hydrogen (secondary N) is 2. The predicted octanol–water partition coefficient (Wildman–Crippen LogP) is 0.476. The minimum atomic E-state index is -0.553. The van der Waals surface area contributed by atoms with E-state index < -0.39 is 11.9 Å². The maximum atomic E-state index is 11.0. The normalized spacial score (nSPS) is 11.9. The van der Waals surface area contributed by atoms with Gasteiger partial charge in [0.15, 0.2) is 0 Å². The topological polar surface area (TPSA) is 67.4 Å². The van der Waals surface area contributed by atoms with Crippen molar-refractivity contribution in [2.75, 3.05) is 19.1 Å². The molecule has 1 unspecified atom stereocenters. The van der Waals surface area contributed by atoms with Crippen molar-refractivity contribution in [1.82, 2.24) is 10.6 Å². The number of amides is 3. The van der Waals surface area contributed by atoms with Crippen molar-refractivity contribution in [3.63, 3.8) is 0 Å². The number of alkyl halides is 1. The van der Waals surface area contributed by atoms with Crippen LogP contribution in [-0.4, -0.2) is 37.1 Å². The largest absolute Gasteiger partial charge is 0.380 e. The third-order valence-electron chi connectivity index (χ3n) is 1.32. The number of carbonyl (C=O) groups is 2. The number of ether oxygens (including phenoxy) is 1. The number of urea groups is 1. The minimum absolute atomic E-state index is 0.141. The molecule has 6 heteroatoms. The summed E-state index contributed by atoms with van der Waals surface area (Å²) in [7, 11) is 0. The van der Waals surface area contributed by atoms with Crippen molar-refractivity contribution in [3.8, 4) is 0 Å². The van der Waals surface area contributed by atoms with Gasteiger partial charge in [0.25, 0.3) is 0 Å². The van der Waals surface area contributed by atoms with Gasteiger partial charge in [0.2, 0.25) is 5.91 Å². The van der Waals surface area contributed by atoms with E-state index in [-0.39, 0.29) is 11.9 Å². The van der Waals surface area contributed by atoms with E-state index in [1.54, 1.807) is 6.92 Å². The Labute approximate surface area is 88.1 Å². The Balaban J connectivity index is 3.65. The molecular formula is C8H15ClN2O3. The van der Waals surface area contributed by atoms with Gasteiger partial charge in [-0.05, 0) is 13.8 Å². The second-order valence-corrected chi connectivity index (χ2v) is 2.98. The summed E-state index contributed by atoms with van der Waals surface area (Å²) in [5, 5.41) is 4.59. The first-order valence-electron chi connectivity index (χ1n) is 4.34. The molecule has 0 saturated carbocycles. The van der Waals surface area contributed by atoms with Crippen LogP contribution in [0.1, 0.15) is 13.8 Å². The molecule has 0 radical (unpaired) electrons. The van der Waals surface area contributed by atoms with Crippen LogP contribution in [0.2, 0.25) is 0 Å². The molecule has 0 saturated heterocycles. The molecule has 5 nitrogen and oxygen atoms in total. The first-order chi connectivity index (χ1) is 6.60. The lowest BCUT2D eigenvalue weighted by Crippen LogP contribution is -2.45. The number of hydrogen-bond acceptors (Lipinski definition) is 3. The third kappa shape index (κ3) is 6.68. The molecule has 0 aliphatic rings. The molecule has 0 aromatic rings. The van der Waals surface area contributed by atoms with E-state index in [0.29, 0.717) is 13.2 Å². The number of rotatable bonds is 5. The molecule has 1 atom stereocenters. The van der Waals surface area contributed by atoms with Crippen LogP contribution in [0.5, 0.6) is 0 Å². The molecule has 0 aliphatic heterocycles. The van der Waals surface area contributed by atoms with E-state index in [1.807, 2.05) is 6.92 Å². The highest BCUT2D eigenvalue weighted by molar-refractivity contribution is 6.28. The van der Waals surface area contributed by atoms with Gasteiger partial charge in [-0.1, -0.05) is 0 Å². The zero-order valence-corrected chi connectivity index (χ0v) is 9.06. The van der Waals surface area contributed by atoms with Crippen LogP contribution in [0, 0.1) is 0 Å². The standard InChI is InChI=1S/C8H15ClN2O3/c1-3-14-5-6(2)10-8(13)11-7(12)4-9/h6H,3-5H2,1-2H3,(H2,10,11,12,13). The van der Waals surface area contributed by atoms with Crippen molar-refractivity contribution in [3.05, 3.63) is 0 Å². The molecule has 0 bridgehead atoms. The Morgan fingerprint density at radius 3 is 2.64 bits per heavy atom. The van der Waals surface area contributed by atoms with Gasteiger partial charge in [0.1, 0.15) is 5.88 Å². The van der Waals surface area contributed by atoms with Gasteiger partial charge in [-0.25, -0.2) is 4.79 Å². The first kappa shape index (κ1) is 13.2. The summed E-state index contributed by atoms with van der Waals surface area (Å²) >= 11 is 5.20. The highest BCUT2D eigenvalue weighted by atomic mass is 35.5. The summed E-state index contributed by atoms with van der Waals surface area (Å²) in [5.74, 6) is -0.749. The lowest BCUT2D eigenvalue weighted by molar-refractivity contribution is -0.117. The number of carbonyl (C=O) groups excluding carboxylic acids is 2. The van der Waals surface area contributed by atoms with Crippen molar-refractivity contribution >= 4 is 23.5 Å². The van der Waals surface area contributed by atoms with Crippen LogP contribution in [0.3, 0.4) is 0 Å². The van der Waals surface area contributed by atoms with Crippen LogP contribution in [0.15, 0.2) is 0 Å². The maximum Gasteiger partial charge on any atom is 0.321 e. The maximum absolute atomic E-state index is 11.0. The van der Waals surface area contributed by atoms with Crippen molar-refractivity contribution in [1.29, 1.82) is 0 Å². The van der Waals surface area contributed by atoms with Crippen LogP contribution < -0.4 is 10.6 Å². The average molecular weight is 223 g/mol. The van der Waals surface area contributed by atoms with Crippen LogP contribution in [0.25, 0.3) is 0 Å². The molecule has 0 heterocycles. The van der Waals surface area contributed by atoms with Crippen LogP contribution >= 0.6 is 11.6 Å². The molecule has 2 N–H and O–H groups in total. The SMILES string of the molecule is CCOCC(C)NC(=O)NC(=O)CCl. The summed E-state index contributed by atoms with van der Waals surface area (Å²) in [5.41, 5.74) is 0. The van der Waals surface area contributed by atoms with E-state index >= 15 is 0 Å². The van der Waals surface area contributed by atoms with Crippen molar-refractivity contribution < 1.29 is 14.3 Å². The number of hydrogen-bond donors (Lipinski definition) is 2. The molecule has 0 aromatic carbocycles. The second-order valence-electron chi connectivity index (χ2n) is 2.72. The predicted molar refractivity (Wildman–Crippen MR) is 53.3 cm³/mol. The highest BCUT2D eigenvalue weighted by Gasteiger charge is 2.09. The monoisotopic (exact) mass is 222 g/mol. The Morgan fingerprint density at radius 2 is 2.14 bits per heavy atom. The average Bonchev–Trinajstić information content (AvgIpc) is 2.14. The summed E-state index contributed by atoms with van der Waals surface area (Å²) in [4.78, 5) is 21.7. The van der Waals surface area contributed by atoms with Gasteiger partial charge in [0, 0.05) is 6.61 Å².